The number of ether oxygens (including phenoxy) is 3. The summed E-state index contributed by atoms with van der Waals surface area (Å²) >= 11 is 0. The highest BCUT2D eigenvalue weighted by Crippen LogP contribution is 2.38. The first-order valence-corrected chi connectivity index (χ1v) is 9.01. The summed E-state index contributed by atoms with van der Waals surface area (Å²) in [4.78, 5) is 15.1. The number of nitrogens with one attached hydrogen (secondary N) is 1. The van der Waals surface area contributed by atoms with Gasteiger partial charge in [-0.1, -0.05) is 30.3 Å². The van der Waals surface area contributed by atoms with E-state index in [1.165, 1.54) is 19.8 Å². The topological polar surface area (TPSA) is 60.0 Å². The molecule has 1 aliphatic rings. The van der Waals surface area contributed by atoms with Crippen molar-refractivity contribution in [3.8, 4) is 17.2 Å². The van der Waals surface area contributed by atoms with Gasteiger partial charge in [0, 0.05) is 31.2 Å². The Morgan fingerprint density at radius 3 is 2.33 bits per heavy atom. The van der Waals surface area contributed by atoms with Gasteiger partial charge in [0.1, 0.15) is 0 Å². The van der Waals surface area contributed by atoms with Crippen LogP contribution in [0, 0.1) is 0 Å². The van der Waals surface area contributed by atoms with E-state index < -0.39 is 0 Å². The average molecular weight is 370 g/mol. The summed E-state index contributed by atoms with van der Waals surface area (Å²) < 4.78 is 16.0. The molecule has 144 valence electrons. The van der Waals surface area contributed by atoms with Gasteiger partial charge in [-0.15, -0.1) is 0 Å². The quantitative estimate of drug-likeness (QED) is 0.812. The molecule has 1 saturated heterocycles. The predicted octanol–water partition coefficient (Wildman–Crippen LogP) is 2.72. The molecule has 1 fully saturated rings. The fourth-order valence-corrected chi connectivity index (χ4v) is 3.42. The molecule has 1 atom stereocenters. The van der Waals surface area contributed by atoms with Crippen molar-refractivity contribution >= 4 is 5.91 Å². The van der Waals surface area contributed by atoms with Crippen molar-refractivity contribution in [2.24, 2.45) is 0 Å². The first-order valence-electron chi connectivity index (χ1n) is 9.01. The van der Waals surface area contributed by atoms with E-state index in [2.05, 4.69) is 34.5 Å². The Balaban J connectivity index is 1.64. The first kappa shape index (κ1) is 19.0. The summed E-state index contributed by atoms with van der Waals surface area (Å²) in [5, 5.41) is 3.12. The number of methoxy groups -OCH3 is 3. The Morgan fingerprint density at radius 1 is 1.07 bits per heavy atom. The third-order valence-electron chi connectivity index (χ3n) is 4.78. The molecule has 0 spiro atoms. The van der Waals surface area contributed by atoms with Crippen LogP contribution >= 0.6 is 0 Å². The molecule has 1 aliphatic heterocycles. The van der Waals surface area contributed by atoms with Crippen LogP contribution in [0.2, 0.25) is 0 Å². The maximum atomic E-state index is 12.7. The minimum Gasteiger partial charge on any atom is -0.493 e. The number of amides is 1. The van der Waals surface area contributed by atoms with Gasteiger partial charge in [0.2, 0.25) is 5.75 Å². The number of carbonyl (C=O) groups excluding carboxylic acids is 1. The number of hydrogen-bond donors (Lipinski definition) is 1. The molecule has 1 amide bonds. The van der Waals surface area contributed by atoms with E-state index in [1.807, 2.05) is 6.07 Å². The largest absolute Gasteiger partial charge is 0.493 e. The molecule has 6 heteroatoms. The number of likely N-dealkylation sites (tertiary alicyclic amines) is 1. The summed E-state index contributed by atoms with van der Waals surface area (Å²) in [6.07, 6.45) is 0.934. The Morgan fingerprint density at radius 2 is 1.74 bits per heavy atom. The maximum absolute atomic E-state index is 12.7. The fraction of sp³-hybridized carbons (Fsp3) is 0.381. The van der Waals surface area contributed by atoms with E-state index in [1.54, 1.807) is 19.2 Å². The molecular formula is C21H26N2O4. The highest BCUT2D eigenvalue weighted by molar-refractivity contribution is 5.95. The summed E-state index contributed by atoms with van der Waals surface area (Å²) in [5.41, 5.74) is 1.78. The number of hydrogen-bond acceptors (Lipinski definition) is 5. The van der Waals surface area contributed by atoms with Gasteiger partial charge < -0.3 is 19.5 Å². The summed E-state index contributed by atoms with van der Waals surface area (Å²) in [7, 11) is 4.62. The lowest BCUT2D eigenvalue weighted by atomic mass is 10.1. The average Bonchev–Trinajstić information content (AvgIpc) is 3.14. The van der Waals surface area contributed by atoms with E-state index >= 15 is 0 Å². The Kier molecular flexibility index (Phi) is 6.19. The van der Waals surface area contributed by atoms with Crippen molar-refractivity contribution < 1.29 is 19.0 Å². The molecule has 0 aromatic heterocycles. The van der Waals surface area contributed by atoms with Gasteiger partial charge in [0.25, 0.3) is 5.91 Å². The second-order valence-corrected chi connectivity index (χ2v) is 6.59. The zero-order chi connectivity index (χ0) is 19.2. The van der Waals surface area contributed by atoms with Gasteiger partial charge in [-0.3, -0.25) is 9.69 Å². The highest BCUT2D eigenvalue weighted by atomic mass is 16.5. The van der Waals surface area contributed by atoms with Gasteiger partial charge in [0.05, 0.1) is 21.3 Å². The molecule has 1 heterocycles. The van der Waals surface area contributed by atoms with Gasteiger partial charge in [-0.25, -0.2) is 0 Å². The van der Waals surface area contributed by atoms with Gasteiger partial charge in [-0.2, -0.15) is 0 Å². The van der Waals surface area contributed by atoms with Crippen LogP contribution in [0.5, 0.6) is 17.2 Å². The van der Waals surface area contributed by atoms with E-state index in [0.29, 0.717) is 22.8 Å². The Hall–Kier alpha value is -2.73. The van der Waals surface area contributed by atoms with E-state index in [0.717, 1.165) is 26.1 Å². The Labute approximate surface area is 160 Å². The number of carbonyl (C=O) groups is 1. The van der Waals surface area contributed by atoms with Crippen molar-refractivity contribution in [3.63, 3.8) is 0 Å². The minimum atomic E-state index is -0.138. The van der Waals surface area contributed by atoms with Crippen molar-refractivity contribution in [3.05, 3.63) is 53.6 Å². The molecule has 6 nitrogen and oxygen atoms in total. The second kappa shape index (κ2) is 8.77. The molecule has 0 radical (unpaired) electrons. The van der Waals surface area contributed by atoms with Crippen LogP contribution in [-0.2, 0) is 6.54 Å². The second-order valence-electron chi connectivity index (χ2n) is 6.59. The molecule has 2 aromatic rings. The first-order chi connectivity index (χ1) is 13.1. The summed E-state index contributed by atoms with van der Waals surface area (Å²) in [5.74, 6) is 1.28. The number of nitrogens with zero attached hydrogens (tertiary/aromatic N) is 1. The van der Waals surface area contributed by atoms with Crippen LogP contribution in [0.3, 0.4) is 0 Å². The van der Waals surface area contributed by atoms with Crippen LogP contribution in [0.15, 0.2) is 42.5 Å². The van der Waals surface area contributed by atoms with E-state index in [4.69, 9.17) is 14.2 Å². The lowest BCUT2D eigenvalue weighted by Crippen LogP contribution is -2.37. The van der Waals surface area contributed by atoms with Crippen LogP contribution in [0.1, 0.15) is 22.3 Å². The SMILES string of the molecule is COc1cc(C(=O)NC2CCN(Cc3ccccc3)C2)cc(OC)c1OC. The third kappa shape index (κ3) is 4.52. The lowest BCUT2D eigenvalue weighted by molar-refractivity contribution is 0.0937. The normalized spacial score (nSPS) is 16.8. The number of benzene rings is 2. The monoisotopic (exact) mass is 370 g/mol. The lowest BCUT2D eigenvalue weighted by Gasteiger charge is -2.18. The van der Waals surface area contributed by atoms with Crippen LogP contribution in [0.4, 0.5) is 0 Å². The van der Waals surface area contributed by atoms with Crippen molar-refractivity contribution in [2.75, 3.05) is 34.4 Å². The van der Waals surface area contributed by atoms with Gasteiger partial charge in [-0.05, 0) is 24.1 Å². The van der Waals surface area contributed by atoms with Crippen molar-refractivity contribution in [2.45, 2.75) is 19.0 Å². The number of rotatable bonds is 7. The van der Waals surface area contributed by atoms with Gasteiger partial charge in [0.15, 0.2) is 11.5 Å². The zero-order valence-electron chi connectivity index (χ0n) is 16.0. The predicted molar refractivity (Wildman–Crippen MR) is 104 cm³/mol. The van der Waals surface area contributed by atoms with Crippen LogP contribution in [-0.4, -0.2) is 51.3 Å². The van der Waals surface area contributed by atoms with E-state index in [-0.39, 0.29) is 11.9 Å². The summed E-state index contributed by atoms with van der Waals surface area (Å²) in [6.45, 7) is 2.71. The van der Waals surface area contributed by atoms with Gasteiger partial charge >= 0.3 is 0 Å². The van der Waals surface area contributed by atoms with E-state index in [9.17, 15) is 4.79 Å². The molecule has 1 unspecified atom stereocenters. The summed E-state index contributed by atoms with van der Waals surface area (Å²) in [6, 6.07) is 13.9. The molecule has 3 rings (SSSR count). The minimum absolute atomic E-state index is 0.125. The Bertz CT molecular complexity index is 754. The molecule has 0 bridgehead atoms. The maximum Gasteiger partial charge on any atom is 0.251 e. The fourth-order valence-electron chi connectivity index (χ4n) is 3.42. The zero-order valence-corrected chi connectivity index (χ0v) is 16.0. The molecule has 0 saturated carbocycles. The van der Waals surface area contributed by atoms with Crippen LogP contribution in [0.25, 0.3) is 0 Å². The van der Waals surface area contributed by atoms with Crippen molar-refractivity contribution in [1.82, 2.24) is 10.2 Å². The molecular weight excluding hydrogens is 344 g/mol. The smallest absolute Gasteiger partial charge is 0.251 e. The molecule has 0 aliphatic carbocycles. The molecule has 27 heavy (non-hydrogen) atoms. The molecule has 1 N–H and O–H groups in total. The third-order valence-corrected chi connectivity index (χ3v) is 4.78. The standard InChI is InChI=1S/C21H26N2O4/c1-25-18-11-16(12-19(26-2)20(18)27-3)21(24)22-17-9-10-23(14-17)13-15-7-5-4-6-8-15/h4-8,11-12,17H,9-10,13-14H2,1-3H3,(H,22,24). The van der Waals surface area contributed by atoms with Crippen molar-refractivity contribution in [1.29, 1.82) is 0 Å². The molecule has 2 aromatic carbocycles. The van der Waals surface area contributed by atoms with Crippen LogP contribution < -0.4 is 19.5 Å². The highest BCUT2D eigenvalue weighted by Gasteiger charge is 2.25.